The molecule has 4 heteroatoms. The van der Waals surface area contributed by atoms with Crippen molar-refractivity contribution in [1.82, 2.24) is 9.97 Å². The third-order valence-electron chi connectivity index (χ3n) is 2.03. The second kappa shape index (κ2) is 4.53. The van der Waals surface area contributed by atoms with Crippen molar-refractivity contribution in [3.05, 3.63) is 54.1 Å². The zero-order chi connectivity index (χ0) is 11.4. The molecule has 80 valence electrons. The van der Waals surface area contributed by atoms with Crippen molar-refractivity contribution in [1.29, 1.82) is 0 Å². The molecule has 0 unspecified atom stereocenters. The summed E-state index contributed by atoms with van der Waals surface area (Å²) < 4.78 is 0. The Morgan fingerprint density at radius 3 is 2.88 bits per heavy atom. The predicted octanol–water partition coefficient (Wildman–Crippen LogP) is 2.04. The van der Waals surface area contributed by atoms with Crippen LogP contribution in [0.3, 0.4) is 0 Å². The third-order valence-corrected chi connectivity index (χ3v) is 2.03. The Labute approximate surface area is 93.4 Å². The summed E-state index contributed by atoms with van der Waals surface area (Å²) in [5.74, 6) is -0.229. The van der Waals surface area contributed by atoms with E-state index in [2.05, 4.69) is 15.3 Å². The molecule has 2 aromatic heterocycles. The molecule has 1 amide bonds. The van der Waals surface area contributed by atoms with E-state index in [1.165, 1.54) is 0 Å². The number of carbonyl (C=O) groups is 1. The van der Waals surface area contributed by atoms with Gasteiger partial charge >= 0.3 is 0 Å². The van der Waals surface area contributed by atoms with E-state index in [0.29, 0.717) is 11.4 Å². The van der Waals surface area contributed by atoms with Crippen molar-refractivity contribution >= 4 is 11.6 Å². The van der Waals surface area contributed by atoms with E-state index < -0.39 is 0 Å². The van der Waals surface area contributed by atoms with Gasteiger partial charge in [0.2, 0.25) is 0 Å². The van der Waals surface area contributed by atoms with Crippen LogP contribution >= 0.6 is 0 Å². The van der Waals surface area contributed by atoms with Crippen LogP contribution in [0.25, 0.3) is 0 Å². The van der Waals surface area contributed by atoms with Gasteiger partial charge in [0.05, 0.1) is 11.9 Å². The lowest BCUT2D eigenvalue weighted by atomic mass is 10.3. The van der Waals surface area contributed by atoms with Crippen LogP contribution in [0.1, 0.15) is 16.1 Å². The number of pyridine rings is 2. The van der Waals surface area contributed by atoms with E-state index in [1.807, 2.05) is 13.0 Å². The van der Waals surface area contributed by atoms with Gasteiger partial charge in [-0.25, -0.2) is 0 Å². The van der Waals surface area contributed by atoms with Gasteiger partial charge in [-0.3, -0.25) is 14.8 Å². The van der Waals surface area contributed by atoms with Gasteiger partial charge in [0.15, 0.2) is 0 Å². The number of nitrogens with one attached hydrogen (secondary N) is 1. The largest absolute Gasteiger partial charge is 0.319 e. The summed E-state index contributed by atoms with van der Waals surface area (Å²) in [5, 5.41) is 2.74. The first-order valence-corrected chi connectivity index (χ1v) is 4.90. The van der Waals surface area contributed by atoms with Gasteiger partial charge in [-0.2, -0.15) is 0 Å². The summed E-state index contributed by atoms with van der Waals surface area (Å²) in [7, 11) is 0. The van der Waals surface area contributed by atoms with Crippen LogP contribution in [0.2, 0.25) is 0 Å². The number of anilines is 1. The molecule has 16 heavy (non-hydrogen) atoms. The van der Waals surface area contributed by atoms with Crippen LogP contribution in [0.15, 0.2) is 42.9 Å². The van der Waals surface area contributed by atoms with Crippen LogP contribution in [-0.2, 0) is 0 Å². The predicted molar refractivity (Wildman–Crippen MR) is 61.2 cm³/mol. The zero-order valence-corrected chi connectivity index (χ0v) is 8.84. The number of hydrogen-bond acceptors (Lipinski definition) is 3. The molecule has 0 atom stereocenters. The molecule has 0 fully saturated rings. The van der Waals surface area contributed by atoms with Crippen LogP contribution in [0.5, 0.6) is 0 Å². The smallest absolute Gasteiger partial charge is 0.274 e. The fourth-order valence-corrected chi connectivity index (χ4v) is 1.32. The van der Waals surface area contributed by atoms with Crippen molar-refractivity contribution in [2.75, 3.05) is 5.32 Å². The summed E-state index contributed by atoms with van der Waals surface area (Å²) in [6.45, 7) is 1.92. The lowest BCUT2D eigenvalue weighted by Gasteiger charge is -2.04. The Balaban J connectivity index is 2.14. The second-order valence-electron chi connectivity index (χ2n) is 3.42. The van der Waals surface area contributed by atoms with Crippen molar-refractivity contribution in [2.45, 2.75) is 6.92 Å². The third kappa shape index (κ3) is 2.42. The fraction of sp³-hybridized carbons (Fsp3) is 0.0833. The SMILES string of the molecule is Cc1cncc(NC(=O)c2ccccn2)c1. The molecule has 1 N–H and O–H groups in total. The number of rotatable bonds is 2. The number of hydrogen-bond donors (Lipinski definition) is 1. The number of amides is 1. The molecule has 0 radical (unpaired) electrons. The Morgan fingerprint density at radius 2 is 2.19 bits per heavy atom. The van der Waals surface area contributed by atoms with Crippen molar-refractivity contribution in [3.8, 4) is 0 Å². The minimum atomic E-state index is -0.229. The highest BCUT2D eigenvalue weighted by atomic mass is 16.1. The Morgan fingerprint density at radius 1 is 1.31 bits per heavy atom. The van der Waals surface area contributed by atoms with Gasteiger partial charge in [0, 0.05) is 12.4 Å². The maximum Gasteiger partial charge on any atom is 0.274 e. The first-order chi connectivity index (χ1) is 7.75. The molecule has 0 saturated heterocycles. The lowest BCUT2D eigenvalue weighted by Crippen LogP contribution is -2.13. The Hall–Kier alpha value is -2.23. The summed E-state index contributed by atoms with van der Waals surface area (Å²) in [6, 6.07) is 7.06. The molecule has 4 nitrogen and oxygen atoms in total. The van der Waals surface area contributed by atoms with Crippen molar-refractivity contribution in [2.24, 2.45) is 0 Å². The van der Waals surface area contributed by atoms with Crippen LogP contribution < -0.4 is 5.32 Å². The number of carbonyl (C=O) groups excluding carboxylic acids is 1. The highest BCUT2D eigenvalue weighted by molar-refractivity contribution is 6.02. The van der Waals surface area contributed by atoms with Crippen LogP contribution in [-0.4, -0.2) is 15.9 Å². The summed E-state index contributed by atoms with van der Waals surface area (Å²) >= 11 is 0. The molecule has 0 aliphatic rings. The second-order valence-corrected chi connectivity index (χ2v) is 3.42. The summed E-state index contributed by atoms with van der Waals surface area (Å²) in [6.07, 6.45) is 4.92. The molecule has 0 bridgehead atoms. The molecule has 0 aliphatic carbocycles. The van der Waals surface area contributed by atoms with E-state index in [0.717, 1.165) is 5.56 Å². The zero-order valence-electron chi connectivity index (χ0n) is 8.84. The molecule has 2 aromatic rings. The highest BCUT2D eigenvalue weighted by Gasteiger charge is 2.06. The van der Waals surface area contributed by atoms with Gasteiger partial charge in [-0.15, -0.1) is 0 Å². The minimum Gasteiger partial charge on any atom is -0.319 e. The number of aryl methyl sites for hydroxylation is 1. The van der Waals surface area contributed by atoms with E-state index >= 15 is 0 Å². The quantitative estimate of drug-likeness (QED) is 0.830. The number of nitrogens with zero attached hydrogens (tertiary/aromatic N) is 2. The number of aromatic nitrogens is 2. The molecular formula is C12H11N3O. The van der Waals surface area contributed by atoms with Gasteiger partial charge in [0.25, 0.3) is 5.91 Å². The monoisotopic (exact) mass is 213 g/mol. The lowest BCUT2D eigenvalue weighted by molar-refractivity contribution is 0.102. The first kappa shape index (κ1) is 10.3. The van der Waals surface area contributed by atoms with E-state index in [-0.39, 0.29) is 5.91 Å². The Kier molecular flexibility index (Phi) is 2.91. The van der Waals surface area contributed by atoms with Gasteiger partial charge < -0.3 is 5.32 Å². The van der Waals surface area contributed by atoms with Crippen LogP contribution in [0, 0.1) is 6.92 Å². The van der Waals surface area contributed by atoms with Gasteiger partial charge in [-0.05, 0) is 30.7 Å². The fourth-order valence-electron chi connectivity index (χ4n) is 1.32. The van der Waals surface area contributed by atoms with Gasteiger partial charge in [-0.1, -0.05) is 6.07 Å². The summed E-state index contributed by atoms with van der Waals surface area (Å²) in [5.41, 5.74) is 2.07. The summed E-state index contributed by atoms with van der Waals surface area (Å²) in [4.78, 5) is 19.7. The van der Waals surface area contributed by atoms with Crippen molar-refractivity contribution < 1.29 is 4.79 Å². The highest BCUT2D eigenvalue weighted by Crippen LogP contribution is 2.08. The van der Waals surface area contributed by atoms with E-state index in [4.69, 9.17) is 0 Å². The average molecular weight is 213 g/mol. The Bertz CT molecular complexity index is 497. The van der Waals surface area contributed by atoms with Crippen molar-refractivity contribution in [3.63, 3.8) is 0 Å². The molecule has 2 rings (SSSR count). The molecule has 2 heterocycles. The first-order valence-electron chi connectivity index (χ1n) is 4.90. The van der Waals surface area contributed by atoms with Gasteiger partial charge in [0.1, 0.15) is 5.69 Å². The minimum absolute atomic E-state index is 0.229. The van der Waals surface area contributed by atoms with E-state index in [1.54, 1.807) is 36.8 Å². The molecular weight excluding hydrogens is 202 g/mol. The average Bonchev–Trinajstić information content (AvgIpc) is 2.30. The maximum absolute atomic E-state index is 11.7. The topological polar surface area (TPSA) is 54.9 Å². The normalized spacial score (nSPS) is 9.81. The van der Waals surface area contributed by atoms with E-state index in [9.17, 15) is 4.79 Å². The molecule has 0 spiro atoms. The maximum atomic E-state index is 11.7. The van der Waals surface area contributed by atoms with Crippen LogP contribution in [0.4, 0.5) is 5.69 Å². The molecule has 0 aromatic carbocycles. The molecule has 0 aliphatic heterocycles. The molecule has 0 saturated carbocycles. The standard InChI is InChI=1S/C12H11N3O/c1-9-6-10(8-13-7-9)15-12(16)11-4-2-3-5-14-11/h2-8H,1H3,(H,15,16).